The minimum atomic E-state index is 0.116. The van der Waals surface area contributed by atoms with Crippen LogP contribution in [-0.4, -0.2) is 0 Å². The number of halogens is 2. The molecule has 0 fully saturated rings. The van der Waals surface area contributed by atoms with Crippen LogP contribution in [0.5, 0.6) is 0 Å². The second-order valence-electron chi connectivity index (χ2n) is 5.88. The molecule has 0 spiro atoms. The Morgan fingerprint density at radius 1 is 1.10 bits per heavy atom. The summed E-state index contributed by atoms with van der Waals surface area (Å²) in [5, 5.41) is 4.28. The summed E-state index contributed by atoms with van der Waals surface area (Å²) in [7, 11) is 0. The predicted octanol–water partition coefficient (Wildman–Crippen LogP) is 6.01. The summed E-state index contributed by atoms with van der Waals surface area (Å²) in [5.74, 6) is 0. The molecule has 0 saturated heterocycles. The van der Waals surface area contributed by atoms with Gasteiger partial charge in [-0.25, -0.2) is 0 Å². The van der Waals surface area contributed by atoms with Gasteiger partial charge in [-0.3, -0.25) is 0 Å². The van der Waals surface area contributed by atoms with Crippen LogP contribution < -0.4 is 5.32 Å². The van der Waals surface area contributed by atoms with Crippen molar-refractivity contribution >= 4 is 33.2 Å². The number of hydrogen-bond donors (Lipinski definition) is 1. The largest absolute Gasteiger partial charge is 0.381 e. The van der Waals surface area contributed by atoms with Gasteiger partial charge in [0.1, 0.15) is 0 Å². The fourth-order valence-electron chi connectivity index (χ4n) is 2.16. The third kappa shape index (κ3) is 3.77. The fourth-order valence-corrected chi connectivity index (χ4v) is 2.75. The summed E-state index contributed by atoms with van der Waals surface area (Å²) in [6.07, 6.45) is 0. The van der Waals surface area contributed by atoms with Crippen LogP contribution in [0.4, 0.5) is 5.69 Å². The number of rotatable bonds is 3. The lowest BCUT2D eigenvalue weighted by Crippen LogP contribution is -2.14. The standard InChI is InChI=1S/C17H19BrClN/c1-17(2,3)14-6-4-5-7-16(14)20-11-12-10-13(18)8-9-15(12)19/h4-10,20H,11H2,1-3H3. The van der Waals surface area contributed by atoms with Gasteiger partial charge in [-0.15, -0.1) is 0 Å². The lowest BCUT2D eigenvalue weighted by Gasteiger charge is -2.23. The molecule has 2 aromatic carbocycles. The zero-order chi connectivity index (χ0) is 14.8. The van der Waals surface area contributed by atoms with Gasteiger partial charge < -0.3 is 5.32 Å². The maximum Gasteiger partial charge on any atom is 0.0456 e. The molecule has 0 heterocycles. The minimum absolute atomic E-state index is 0.116. The van der Waals surface area contributed by atoms with Crippen molar-refractivity contribution in [3.63, 3.8) is 0 Å². The van der Waals surface area contributed by atoms with E-state index in [1.165, 1.54) is 5.56 Å². The molecule has 2 rings (SSSR count). The second-order valence-corrected chi connectivity index (χ2v) is 7.21. The molecule has 0 aliphatic heterocycles. The molecule has 106 valence electrons. The highest BCUT2D eigenvalue weighted by Crippen LogP contribution is 2.30. The van der Waals surface area contributed by atoms with Gasteiger partial charge >= 0.3 is 0 Å². The maximum atomic E-state index is 6.23. The van der Waals surface area contributed by atoms with Crippen molar-refractivity contribution in [1.82, 2.24) is 0 Å². The fraction of sp³-hybridized carbons (Fsp3) is 0.294. The molecule has 0 atom stereocenters. The van der Waals surface area contributed by atoms with Gasteiger partial charge in [0, 0.05) is 21.7 Å². The summed E-state index contributed by atoms with van der Waals surface area (Å²) < 4.78 is 1.04. The molecule has 1 nitrogen and oxygen atoms in total. The molecule has 1 N–H and O–H groups in total. The van der Waals surface area contributed by atoms with Crippen molar-refractivity contribution in [3.05, 3.63) is 63.1 Å². The van der Waals surface area contributed by atoms with Gasteiger partial charge in [0.15, 0.2) is 0 Å². The van der Waals surface area contributed by atoms with E-state index in [9.17, 15) is 0 Å². The van der Waals surface area contributed by atoms with E-state index in [-0.39, 0.29) is 5.41 Å². The number of hydrogen-bond acceptors (Lipinski definition) is 1. The second kappa shape index (κ2) is 6.19. The van der Waals surface area contributed by atoms with Crippen LogP contribution in [-0.2, 0) is 12.0 Å². The average molecular weight is 353 g/mol. The first kappa shape index (κ1) is 15.4. The molecule has 0 unspecified atom stereocenters. The quantitative estimate of drug-likeness (QED) is 0.713. The van der Waals surface area contributed by atoms with Gasteiger partial charge in [0.05, 0.1) is 0 Å². The van der Waals surface area contributed by atoms with E-state index in [2.05, 4.69) is 72.3 Å². The van der Waals surface area contributed by atoms with Gasteiger partial charge in [-0.2, -0.15) is 0 Å². The molecule has 0 amide bonds. The van der Waals surface area contributed by atoms with Gasteiger partial charge in [0.2, 0.25) is 0 Å². The Kier molecular flexibility index (Phi) is 4.77. The summed E-state index contributed by atoms with van der Waals surface area (Å²) in [4.78, 5) is 0. The van der Waals surface area contributed by atoms with Crippen molar-refractivity contribution in [2.75, 3.05) is 5.32 Å². The monoisotopic (exact) mass is 351 g/mol. The van der Waals surface area contributed by atoms with Gasteiger partial charge in [-0.05, 0) is 40.8 Å². The van der Waals surface area contributed by atoms with Crippen LogP contribution in [0.15, 0.2) is 46.9 Å². The molecule has 0 aromatic heterocycles. The van der Waals surface area contributed by atoms with E-state index >= 15 is 0 Å². The maximum absolute atomic E-state index is 6.23. The molecule has 0 aliphatic rings. The van der Waals surface area contributed by atoms with Crippen LogP contribution >= 0.6 is 27.5 Å². The first-order valence-corrected chi connectivity index (χ1v) is 7.82. The van der Waals surface area contributed by atoms with Crippen LogP contribution in [0, 0.1) is 0 Å². The Morgan fingerprint density at radius 2 is 1.80 bits per heavy atom. The summed E-state index contributed by atoms with van der Waals surface area (Å²) in [6, 6.07) is 14.3. The number of nitrogens with one attached hydrogen (secondary N) is 1. The molecule has 0 radical (unpaired) electrons. The first-order chi connectivity index (χ1) is 9.38. The first-order valence-electron chi connectivity index (χ1n) is 6.65. The molecular formula is C17H19BrClN. The van der Waals surface area contributed by atoms with Crippen LogP contribution in [0.25, 0.3) is 0 Å². The topological polar surface area (TPSA) is 12.0 Å². The number of para-hydroxylation sites is 1. The highest BCUT2D eigenvalue weighted by atomic mass is 79.9. The molecule has 0 aliphatic carbocycles. The van der Waals surface area contributed by atoms with Crippen molar-refractivity contribution in [2.24, 2.45) is 0 Å². The molecule has 0 saturated carbocycles. The smallest absolute Gasteiger partial charge is 0.0456 e. The SMILES string of the molecule is CC(C)(C)c1ccccc1NCc1cc(Br)ccc1Cl. The summed E-state index contributed by atoms with van der Waals surface area (Å²) in [6.45, 7) is 7.38. The van der Waals surface area contributed by atoms with Crippen LogP contribution in [0.2, 0.25) is 5.02 Å². The number of anilines is 1. The zero-order valence-electron chi connectivity index (χ0n) is 12.0. The van der Waals surface area contributed by atoms with Crippen LogP contribution in [0.3, 0.4) is 0 Å². The third-order valence-corrected chi connectivity index (χ3v) is 4.07. The van der Waals surface area contributed by atoms with Crippen molar-refractivity contribution in [2.45, 2.75) is 32.7 Å². The van der Waals surface area contributed by atoms with E-state index in [4.69, 9.17) is 11.6 Å². The third-order valence-electron chi connectivity index (χ3n) is 3.21. The predicted molar refractivity (Wildman–Crippen MR) is 91.6 cm³/mol. The van der Waals surface area contributed by atoms with E-state index in [1.807, 2.05) is 12.1 Å². The zero-order valence-corrected chi connectivity index (χ0v) is 14.3. The van der Waals surface area contributed by atoms with Crippen molar-refractivity contribution in [3.8, 4) is 0 Å². The van der Waals surface area contributed by atoms with Gasteiger partial charge in [-0.1, -0.05) is 66.5 Å². The molecule has 2 aromatic rings. The lowest BCUT2D eigenvalue weighted by atomic mass is 9.86. The highest BCUT2D eigenvalue weighted by molar-refractivity contribution is 9.10. The normalized spacial score (nSPS) is 11.4. The van der Waals surface area contributed by atoms with Crippen molar-refractivity contribution in [1.29, 1.82) is 0 Å². The Labute approximate surface area is 134 Å². The molecule has 3 heteroatoms. The van der Waals surface area contributed by atoms with Crippen molar-refractivity contribution < 1.29 is 0 Å². The summed E-state index contributed by atoms with van der Waals surface area (Å²) >= 11 is 9.71. The van der Waals surface area contributed by atoms with Gasteiger partial charge in [0.25, 0.3) is 0 Å². The van der Waals surface area contributed by atoms with E-state index in [0.717, 1.165) is 20.7 Å². The van der Waals surface area contributed by atoms with E-state index < -0.39 is 0 Å². The van der Waals surface area contributed by atoms with Crippen LogP contribution in [0.1, 0.15) is 31.9 Å². The van der Waals surface area contributed by atoms with E-state index in [0.29, 0.717) is 6.54 Å². The number of benzene rings is 2. The minimum Gasteiger partial charge on any atom is -0.381 e. The Balaban J connectivity index is 2.21. The lowest BCUT2D eigenvalue weighted by molar-refractivity contribution is 0.591. The Morgan fingerprint density at radius 3 is 2.50 bits per heavy atom. The highest BCUT2D eigenvalue weighted by Gasteiger charge is 2.17. The molecule has 20 heavy (non-hydrogen) atoms. The Bertz CT molecular complexity index is 602. The Hall–Kier alpha value is -0.990. The van der Waals surface area contributed by atoms with E-state index in [1.54, 1.807) is 0 Å². The molecular weight excluding hydrogens is 334 g/mol. The molecule has 0 bridgehead atoms. The average Bonchev–Trinajstić information content (AvgIpc) is 2.39. The summed E-state index contributed by atoms with van der Waals surface area (Å²) in [5.41, 5.74) is 3.68.